The summed E-state index contributed by atoms with van der Waals surface area (Å²) in [6.07, 6.45) is 68.3. The minimum Gasteiger partial charge on any atom is -0.0654 e. The van der Waals surface area contributed by atoms with Crippen LogP contribution in [0.1, 0.15) is 316 Å². The van der Waals surface area contributed by atoms with E-state index in [0.29, 0.717) is 0 Å². The minimum absolute atomic E-state index is 0.947. The molecule has 0 heterocycles. The number of unbranched alkanes of at least 4 members (excludes halogenated alkanes) is 43. The smallest absolute Gasteiger partial charge is 0.0445 e. The second-order valence-corrected chi connectivity index (χ2v) is 17.5. The maximum Gasteiger partial charge on any atom is -0.0445 e. The Morgan fingerprint density at radius 1 is 0.200 bits per heavy atom. The standard InChI is InChI=1S/C50H102/c1-4-6-7-8-9-10-11-12-13-14-15-16-17-18-19-20-21-22-23-24-25-26-27-28-29-30-31-32-33-34-35-36-37-38-39-40-41-42-43-44-45-46-47-48-49-50(3)5-2/h50H,4-49H2,1-3H3. The van der Waals surface area contributed by atoms with Crippen LogP contribution in [0.25, 0.3) is 0 Å². The first-order chi connectivity index (χ1) is 24.8. The van der Waals surface area contributed by atoms with Crippen LogP contribution in [-0.2, 0) is 0 Å². The molecule has 1 atom stereocenters. The lowest BCUT2D eigenvalue weighted by Gasteiger charge is -2.07. The third-order valence-corrected chi connectivity index (χ3v) is 12.2. The monoisotopic (exact) mass is 703 g/mol. The van der Waals surface area contributed by atoms with Crippen molar-refractivity contribution in [2.75, 3.05) is 0 Å². The highest BCUT2D eigenvalue weighted by Crippen LogP contribution is 2.19. The van der Waals surface area contributed by atoms with E-state index >= 15 is 0 Å². The first-order valence-corrected chi connectivity index (χ1v) is 24.8. The predicted molar refractivity (Wildman–Crippen MR) is 233 cm³/mol. The highest BCUT2D eigenvalue weighted by molar-refractivity contribution is 4.55. The SMILES string of the molecule is CCCCCCCCCCCCCCCCCCCCCCCCCCCCCCCCCCCCCCCCCCCCCCC(C)CC. The molecule has 1 unspecified atom stereocenters. The van der Waals surface area contributed by atoms with Crippen molar-refractivity contribution in [2.24, 2.45) is 5.92 Å². The van der Waals surface area contributed by atoms with Crippen LogP contribution in [0.5, 0.6) is 0 Å². The molecule has 0 amide bonds. The van der Waals surface area contributed by atoms with Gasteiger partial charge in [0.2, 0.25) is 0 Å². The lowest BCUT2D eigenvalue weighted by Crippen LogP contribution is -1.91. The molecule has 0 fully saturated rings. The van der Waals surface area contributed by atoms with Gasteiger partial charge in [-0.2, -0.15) is 0 Å². The zero-order valence-electron chi connectivity index (χ0n) is 36.1. The summed E-state index contributed by atoms with van der Waals surface area (Å²) in [5.74, 6) is 0.947. The molecule has 0 radical (unpaired) electrons. The summed E-state index contributed by atoms with van der Waals surface area (Å²) in [6.45, 7) is 7.05. The zero-order chi connectivity index (χ0) is 36.1. The van der Waals surface area contributed by atoms with Crippen molar-refractivity contribution >= 4 is 0 Å². The molecule has 0 nitrogen and oxygen atoms in total. The van der Waals surface area contributed by atoms with E-state index in [1.165, 1.54) is 295 Å². The summed E-state index contributed by atoms with van der Waals surface area (Å²) >= 11 is 0. The van der Waals surface area contributed by atoms with Crippen LogP contribution in [0.2, 0.25) is 0 Å². The molecule has 0 saturated heterocycles. The second kappa shape index (κ2) is 47.0. The molecule has 0 heteroatoms. The zero-order valence-corrected chi connectivity index (χ0v) is 36.1. The van der Waals surface area contributed by atoms with Crippen molar-refractivity contribution in [1.82, 2.24) is 0 Å². The summed E-state index contributed by atoms with van der Waals surface area (Å²) in [4.78, 5) is 0. The van der Waals surface area contributed by atoms with Gasteiger partial charge in [-0.15, -0.1) is 0 Å². The highest BCUT2D eigenvalue weighted by Gasteiger charge is 2.00. The highest BCUT2D eigenvalue weighted by atomic mass is 14.1. The van der Waals surface area contributed by atoms with E-state index in [2.05, 4.69) is 20.8 Å². The van der Waals surface area contributed by atoms with Gasteiger partial charge in [-0.3, -0.25) is 0 Å². The van der Waals surface area contributed by atoms with Crippen molar-refractivity contribution in [3.05, 3.63) is 0 Å². The molecule has 0 N–H and O–H groups in total. The van der Waals surface area contributed by atoms with Crippen LogP contribution in [0.3, 0.4) is 0 Å². The van der Waals surface area contributed by atoms with Gasteiger partial charge >= 0.3 is 0 Å². The number of hydrogen-bond donors (Lipinski definition) is 0. The normalized spacial score (nSPS) is 12.3. The molecule has 302 valence electrons. The molecule has 0 rings (SSSR count). The van der Waals surface area contributed by atoms with Gasteiger partial charge in [-0.05, 0) is 5.92 Å². The Morgan fingerprint density at radius 3 is 0.480 bits per heavy atom. The van der Waals surface area contributed by atoms with E-state index in [4.69, 9.17) is 0 Å². The quantitative estimate of drug-likeness (QED) is 0.0554. The van der Waals surface area contributed by atoms with Crippen LogP contribution in [0.15, 0.2) is 0 Å². The Hall–Kier alpha value is 0. The van der Waals surface area contributed by atoms with Gasteiger partial charge in [-0.1, -0.05) is 316 Å². The van der Waals surface area contributed by atoms with E-state index in [0.717, 1.165) is 5.92 Å². The van der Waals surface area contributed by atoms with Gasteiger partial charge in [0.05, 0.1) is 0 Å². The summed E-state index contributed by atoms with van der Waals surface area (Å²) in [7, 11) is 0. The average Bonchev–Trinajstić information content (AvgIpc) is 3.13. The number of hydrogen-bond acceptors (Lipinski definition) is 0. The van der Waals surface area contributed by atoms with E-state index in [9.17, 15) is 0 Å². The van der Waals surface area contributed by atoms with Gasteiger partial charge < -0.3 is 0 Å². The molecule has 0 aliphatic rings. The van der Waals surface area contributed by atoms with Gasteiger partial charge in [-0.25, -0.2) is 0 Å². The van der Waals surface area contributed by atoms with Crippen LogP contribution in [-0.4, -0.2) is 0 Å². The van der Waals surface area contributed by atoms with Crippen LogP contribution in [0.4, 0.5) is 0 Å². The Balaban J connectivity index is 3.05. The number of rotatable bonds is 46. The summed E-state index contributed by atoms with van der Waals surface area (Å²) in [5, 5.41) is 0. The summed E-state index contributed by atoms with van der Waals surface area (Å²) in [5.41, 5.74) is 0. The molecule has 0 aliphatic carbocycles. The van der Waals surface area contributed by atoms with Crippen molar-refractivity contribution in [2.45, 2.75) is 316 Å². The topological polar surface area (TPSA) is 0 Å². The van der Waals surface area contributed by atoms with Gasteiger partial charge in [0.25, 0.3) is 0 Å². The predicted octanol–water partition coefficient (Wildman–Crippen LogP) is 19.6. The fraction of sp³-hybridized carbons (Fsp3) is 1.00. The van der Waals surface area contributed by atoms with Crippen LogP contribution in [0, 0.1) is 5.92 Å². The Bertz CT molecular complexity index is 550. The lowest BCUT2D eigenvalue weighted by atomic mass is 9.99. The van der Waals surface area contributed by atoms with Crippen molar-refractivity contribution in [3.8, 4) is 0 Å². The third-order valence-electron chi connectivity index (χ3n) is 12.2. The van der Waals surface area contributed by atoms with Crippen molar-refractivity contribution in [3.63, 3.8) is 0 Å². The summed E-state index contributed by atoms with van der Waals surface area (Å²) in [6, 6.07) is 0. The van der Waals surface area contributed by atoms with Gasteiger partial charge in [0, 0.05) is 0 Å². The largest absolute Gasteiger partial charge is 0.0654 e. The first kappa shape index (κ1) is 50.0. The van der Waals surface area contributed by atoms with E-state index in [-0.39, 0.29) is 0 Å². The Morgan fingerprint density at radius 2 is 0.340 bits per heavy atom. The lowest BCUT2D eigenvalue weighted by molar-refractivity contribution is 0.468. The molecular weight excluding hydrogens is 601 g/mol. The molecule has 0 aromatic heterocycles. The molecule has 0 aromatic carbocycles. The summed E-state index contributed by atoms with van der Waals surface area (Å²) < 4.78 is 0. The van der Waals surface area contributed by atoms with E-state index in [1.54, 1.807) is 0 Å². The third kappa shape index (κ3) is 46.0. The Kier molecular flexibility index (Phi) is 47.0. The van der Waals surface area contributed by atoms with Crippen LogP contribution < -0.4 is 0 Å². The fourth-order valence-corrected chi connectivity index (χ4v) is 8.19. The van der Waals surface area contributed by atoms with Gasteiger partial charge in [0.1, 0.15) is 0 Å². The fourth-order valence-electron chi connectivity index (χ4n) is 8.19. The Labute approximate surface area is 321 Å². The molecule has 0 saturated carbocycles. The maximum absolute atomic E-state index is 2.41. The van der Waals surface area contributed by atoms with E-state index in [1.807, 2.05) is 0 Å². The average molecular weight is 703 g/mol. The van der Waals surface area contributed by atoms with Gasteiger partial charge in [0.15, 0.2) is 0 Å². The maximum atomic E-state index is 2.41. The molecule has 0 spiro atoms. The van der Waals surface area contributed by atoms with Crippen molar-refractivity contribution < 1.29 is 0 Å². The molecule has 0 aliphatic heterocycles. The van der Waals surface area contributed by atoms with Crippen LogP contribution >= 0.6 is 0 Å². The molecule has 0 aromatic rings. The molecular formula is C50H102. The first-order valence-electron chi connectivity index (χ1n) is 24.8. The molecule has 50 heavy (non-hydrogen) atoms. The van der Waals surface area contributed by atoms with Crippen molar-refractivity contribution in [1.29, 1.82) is 0 Å². The minimum atomic E-state index is 0.947. The van der Waals surface area contributed by atoms with E-state index < -0.39 is 0 Å². The molecule has 0 bridgehead atoms. The second-order valence-electron chi connectivity index (χ2n) is 17.5.